The number of rotatable bonds is 7. The Balaban J connectivity index is 1.62. The van der Waals surface area contributed by atoms with E-state index in [1.54, 1.807) is 12.1 Å². The Hall–Kier alpha value is -3.32. The fourth-order valence-electron chi connectivity index (χ4n) is 3.11. The minimum Gasteiger partial charge on any atom is -0.463 e. The van der Waals surface area contributed by atoms with Gasteiger partial charge in [-0.3, -0.25) is 4.57 Å². The van der Waals surface area contributed by atoms with Gasteiger partial charge in [0, 0.05) is 12.1 Å². The summed E-state index contributed by atoms with van der Waals surface area (Å²) in [5.74, 6) is 1.76. The number of benzene rings is 2. The zero-order valence-electron chi connectivity index (χ0n) is 16.7. The number of nitrogens with zero attached hydrogens (tertiary/aromatic N) is 3. The normalized spacial score (nSPS) is 10.9. The first-order chi connectivity index (χ1) is 14.6. The molecule has 0 unspecified atom stereocenters. The first kappa shape index (κ1) is 20.0. The molecule has 0 aliphatic heterocycles. The maximum Gasteiger partial charge on any atom is 0.373 e. The van der Waals surface area contributed by atoms with E-state index in [4.69, 9.17) is 9.15 Å². The highest BCUT2D eigenvalue weighted by molar-refractivity contribution is 7.98. The number of methoxy groups -OCH3 is 1. The number of carbonyl (C=O) groups excluding carboxylic acids is 1. The number of hydrogen-bond donors (Lipinski definition) is 0. The molecule has 30 heavy (non-hydrogen) atoms. The summed E-state index contributed by atoms with van der Waals surface area (Å²) in [5.41, 5.74) is 3.35. The third-order valence-electron chi connectivity index (χ3n) is 4.56. The van der Waals surface area contributed by atoms with Crippen molar-refractivity contribution in [3.05, 3.63) is 95.2 Å². The summed E-state index contributed by atoms with van der Waals surface area (Å²) in [4.78, 5) is 11.6. The van der Waals surface area contributed by atoms with Gasteiger partial charge in [0.25, 0.3) is 0 Å². The van der Waals surface area contributed by atoms with Crippen LogP contribution in [0.4, 0.5) is 0 Å². The SMILES string of the molecule is COC(=O)c1ccc(CSc2nnc(Cc3ccccc3)n2-c2cccc(C)c2)o1. The zero-order valence-corrected chi connectivity index (χ0v) is 17.6. The number of thioether (sulfide) groups is 1. The fourth-order valence-corrected chi connectivity index (χ4v) is 3.98. The van der Waals surface area contributed by atoms with Crippen LogP contribution in [0.25, 0.3) is 5.69 Å². The molecule has 6 nitrogen and oxygen atoms in total. The van der Waals surface area contributed by atoms with Gasteiger partial charge in [-0.1, -0.05) is 54.2 Å². The average Bonchev–Trinajstić information content (AvgIpc) is 3.39. The van der Waals surface area contributed by atoms with Gasteiger partial charge in [-0.05, 0) is 42.3 Å². The maximum atomic E-state index is 11.6. The van der Waals surface area contributed by atoms with Gasteiger partial charge < -0.3 is 9.15 Å². The lowest BCUT2D eigenvalue weighted by Gasteiger charge is -2.11. The molecule has 0 aliphatic rings. The summed E-state index contributed by atoms with van der Waals surface area (Å²) < 4.78 is 12.3. The molecule has 0 spiro atoms. The van der Waals surface area contributed by atoms with Crippen molar-refractivity contribution in [1.29, 1.82) is 0 Å². The van der Waals surface area contributed by atoms with Gasteiger partial charge in [0.05, 0.1) is 12.9 Å². The molecule has 0 atom stereocenters. The van der Waals surface area contributed by atoms with Crippen LogP contribution in [0.3, 0.4) is 0 Å². The van der Waals surface area contributed by atoms with Gasteiger partial charge in [0.2, 0.25) is 5.76 Å². The van der Waals surface area contributed by atoms with Crippen molar-refractivity contribution < 1.29 is 13.9 Å². The van der Waals surface area contributed by atoms with Crippen molar-refractivity contribution in [2.75, 3.05) is 7.11 Å². The second-order valence-corrected chi connectivity index (χ2v) is 7.72. The van der Waals surface area contributed by atoms with Crippen molar-refractivity contribution in [1.82, 2.24) is 14.8 Å². The number of aryl methyl sites for hydroxylation is 1. The summed E-state index contributed by atoms with van der Waals surface area (Å²) in [6, 6.07) is 21.9. The minimum absolute atomic E-state index is 0.193. The van der Waals surface area contributed by atoms with Crippen molar-refractivity contribution in [3.8, 4) is 5.69 Å². The number of furan rings is 1. The second kappa shape index (κ2) is 9.00. The van der Waals surface area contributed by atoms with E-state index in [1.807, 2.05) is 24.3 Å². The van der Waals surface area contributed by atoms with E-state index < -0.39 is 5.97 Å². The summed E-state index contributed by atoms with van der Waals surface area (Å²) >= 11 is 1.51. The Kier molecular flexibility index (Phi) is 5.99. The lowest BCUT2D eigenvalue weighted by atomic mass is 10.1. The van der Waals surface area contributed by atoms with Crippen LogP contribution in [-0.4, -0.2) is 27.8 Å². The molecular formula is C23H21N3O3S. The highest BCUT2D eigenvalue weighted by atomic mass is 32.2. The van der Waals surface area contributed by atoms with E-state index in [0.717, 1.165) is 22.2 Å². The van der Waals surface area contributed by atoms with Crippen LogP contribution in [-0.2, 0) is 16.9 Å². The number of hydrogen-bond acceptors (Lipinski definition) is 6. The molecule has 152 valence electrons. The molecule has 2 aromatic carbocycles. The number of ether oxygens (including phenoxy) is 1. The summed E-state index contributed by atoms with van der Waals surface area (Å²) in [6.07, 6.45) is 0.676. The lowest BCUT2D eigenvalue weighted by Crippen LogP contribution is -2.04. The molecule has 0 bridgehead atoms. The lowest BCUT2D eigenvalue weighted by molar-refractivity contribution is 0.0563. The molecular weight excluding hydrogens is 398 g/mol. The quantitative estimate of drug-likeness (QED) is 0.315. The smallest absolute Gasteiger partial charge is 0.373 e. The first-order valence-corrected chi connectivity index (χ1v) is 10.5. The van der Waals surface area contributed by atoms with Gasteiger partial charge >= 0.3 is 5.97 Å². The van der Waals surface area contributed by atoms with E-state index in [1.165, 1.54) is 24.4 Å². The van der Waals surface area contributed by atoms with E-state index in [0.29, 0.717) is 17.9 Å². The Bertz CT molecular complexity index is 1150. The molecule has 2 aromatic heterocycles. The van der Waals surface area contributed by atoms with Crippen molar-refractivity contribution in [3.63, 3.8) is 0 Å². The van der Waals surface area contributed by atoms with Gasteiger partial charge in [0.1, 0.15) is 11.6 Å². The second-order valence-electron chi connectivity index (χ2n) is 6.78. The predicted molar refractivity (Wildman–Crippen MR) is 115 cm³/mol. The maximum absolute atomic E-state index is 11.6. The van der Waals surface area contributed by atoms with Crippen molar-refractivity contribution in [2.24, 2.45) is 0 Å². The molecule has 0 N–H and O–H groups in total. The number of aromatic nitrogens is 3. The molecule has 0 saturated heterocycles. The minimum atomic E-state index is -0.487. The van der Waals surface area contributed by atoms with Gasteiger partial charge in [-0.2, -0.15) is 0 Å². The topological polar surface area (TPSA) is 70.2 Å². The van der Waals surface area contributed by atoms with Crippen LogP contribution in [0.1, 0.15) is 33.3 Å². The summed E-state index contributed by atoms with van der Waals surface area (Å²) in [7, 11) is 1.33. The van der Waals surface area contributed by atoms with Crippen LogP contribution >= 0.6 is 11.8 Å². The summed E-state index contributed by atoms with van der Waals surface area (Å²) in [6.45, 7) is 2.06. The average molecular weight is 420 g/mol. The highest BCUT2D eigenvalue weighted by Crippen LogP contribution is 2.27. The van der Waals surface area contributed by atoms with Crippen LogP contribution in [0, 0.1) is 6.92 Å². The summed E-state index contributed by atoms with van der Waals surface area (Å²) in [5, 5.41) is 9.66. The third kappa shape index (κ3) is 4.46. The molecule has 2 heterocycles. The molecule has 4 aromatic rings. The van der Waals surface area contributed by atoms with Crippen LogP contribution in [0.5, 0.6) is 0 Å². The highest BCUT2D eigenvalue weighted by Gasteiger charge is 2.17. The Morgan fingerprint density at radius 1 is 1.07 bits per heavy atom. The van der Waals surface area contributed by atoms with E-state index in [-0.39, 0.29) is 5.76 Å². The predicted octanol–water partition coefficient (Wildman–Crippen LogP) is 4.84. The molecule has 7 heteroatoms. The molecule has 0 saturated carbocycles. The molecule has 0 fully saturated rings. The van der Waals surface area contributed by atoms with E-state index in [9.17, 15) is 4.79 Å². The monoisotopic (exact) mass is 419 g/mol. The first-order valence-electron chi connectivity index (χ1n) is 9.49. The zero-order chi connectivity index (χ0) is 20.9. The molecule has 0 amide bonds. The third-order valence-corrected chi connectivity index (χ3v) is 5.51. The molecule has 4 rings (SSSR count). The largest absolute Gasteiger partial charge is 0.463 e. The molecule has 0 aliphatic carbocycles. The van der Waals surface area contributed by atoms with Gasteiger partial charge in [-0.25, -0.2) is 4.79 Å². The molecule has 0 radical (unpaired) electrons. The Morgan fingerprint density at radius 2 is 1.90 bits per heavy atom. The van der Waals surface area contributed by atoms with E-state index >= 15 is 0 Å². The van der Waals surface area contributed by atoms with Crippen molar-refractivity contribution >= 4 is 17.7 Å². The van der Waals surface area contributed by atoms with Gasteiger partial charge in [0.15, 0.2) is 5.16 Å². The van der Waals surface area contributed by atoms with Gasteiger partial charge in [-0.15, -0.1) is 10.2 Å². The van der Waals surface area contributed by atoms with E-state index in [2.05, 4.69) is 52.0 Å². The Labute approximate surface area is 178 Å². The van der Waals surface area contributed by atoms with Crippen LogP contribution in [0.15, 0.2) is 76.3 Å². The van der Waals surface area contributed by atoms with Crippen LogP contribution < -0.4 is 0 Å². The van der Waals surface area contributed by atoms with Crippen molar-refractivity contribution in [2.45, 2.75) is 24.3 Å². The number of carbonyl (C=O) groups is 1. The fraction of sp³-hybridized carbons (Fsp3) is 0.174. The van der Waals surface area contributed by atoms with Crippen LogP contribution in [0.2, 0.25) is 0 Å². The number of esters is 1. The Morgan fingerprint density at radius 3 is 2.67 bits per heavy atom. The standard InChI is InChI=1S/C23H21N3O3S/c1-16-7-6-10-18(13-16)26-21(14-17-8-4-3-5-9-17)24-25-23(26)30-15-19-11-12-20(29-19)22(27)28-2/h3-13H,14-15H2,1-2H3.